The first-order chi connectivity index (χ1) is 7.24. The lowest BCUT2D eigenvalue weighted by atomic mass is 10.4. The molecule has 0 radical (unpaired) electrons. The molecule has 84 valence electrons. The summed E-state index contributed by atoms with van der Waals surface area (Å²) in [6, 6.07) is 1.70. The molecule has 0 saturated carbocycles. The van der Waals surface area contributed by atoms with Crippen molar-refractivity contribution in [2.24, 2.45) is 7.05 Å². The number of hydrogen-bond donors (Lipinski definition) is 2. The second kappa shape index (κ2) is 6.19. The van der Waals surface area contributed by atoms with E-state index in [-0.39, 0.29) is 5.91 Å². The molecule has 0 aliphatic rings. The zero-order valence-corrected chi connectivity index (χ0v) is 9.29. The van der Waals surface area contributed by atoms with Crippen LogP contribution in [0.5, 0.6) is 0 Å². The number of nitrogens with one attached hydrogen (secondary N) is 2. The van der Waals surface area contributed by atoms with Crippen molar-refractivity contribution in [3.63, 3.8) is 0 Å². The van der Waals surface area contributed by atoms with Crippen LogP contribution in [0, 0.1) is 0 Å². The van der Waals surface area contributed by atoms with Gasteiger partial charge in [-0.25, -0.2) is 0 Å². The summed E-state index contributed by atoms with van der Waals surface area (Å²) in [5, 5.41) is 10.0. The largest absolute Gasteiger partial charge is 0.349 e. The van der Waals surface area contributed by atoms with Crippen LogP contribution in [0.15, 0.2) is 12.3 Å². The number of aromatic nitrogens is 2. The second-order valence-corrected chi connectivity index (χ2v) is 3.38. The molecule has 0 saturated heterocycles. The van der Waals surface area contributed by atoms with Gasteiger partial charge in [-0.15, -0.1) is 0 Å². The van der Waals surface area contributed by atoms with Gasteiger partial charge in [0.25, 0.3) is 5.91 Å². The lowest BCUT2D eigenvalue weighted by molar-refractivity contribution is 0.0948. The van der Waals surface area contributed by atoms with Crippen molar-refractivity contribution in [1.29, 1.82) is 0 Å². The van der Waals surface area contributed by atoms with Crippen molar-refractivity contribution in [2.45, 2.75) is 13.3 Å². The fourth-order valence-electron chi connectivity index (χ4n) is 1.19. The van der Waals surface area contributed by atoms with E-state index in [4.69, 9.17) is 0 Å². The summed E-state index contributed by atoms with van der Waals surface area (Å²) < 4.78 is 1.62. The Morgan fingerprint density at radius 3 is 2.87 bits per heavy atom. The third-order valence-electron chi connectivity index (χ3n) is 1.96. The molecule has 0 bridgehead atoms. The highest BCUT2D eigenvalue weighted by atomic mass is 16.1. The van der Waals surface area contributed by atoms with Crippen LogP contribution >= 0.6 is 0 Å². The minimum atomic E-state index is -0.117. The highest BCUT2D eigenvalue weighted by Crippen LogP contribution is 1.92. The molecule has 5 heteroatoms. The van der Waals surface area contributed by atoms with E-state index in [9.17, 15) is 4.79 Å². The molecular formula is C10H18N4O. The zero-order valence-electron chi connectivity index (χ0n) is 9.29. The molecule has 0 fully saturated rings. The molecule has 0 atom stereocenters. The van der Waals surface area contributed by atoms with E-state index in [1.165, 1.54) is 0 Å². The Bertz CT molecular complexity index is 308. The maximum absolute atomic E-state index is 11.5. The van der Waals surface area contributed by atoms with Crippen molar-refractivity contribution < 1.29 is 4.79 Å². The van der Waals surface area contributed by atoms with E-state index in [1.807, 2.05) is 0 Å². The van der Waals surface area contributed by atoms with Gasteiger partial charge in [0, 0.05) is 26.3 Å². The van der Waals surface area contributed by atoms with Gasteiger partial charge in [-0.05, 0) is 19.0 Å². The number of rotatable bonds is 6. The van der Waals surface area contributed by atoms with Crippen molar-refractivity contribution in [3.05, 3.63) is 18.0 Å². The third-order valence-corrected chi connectivity index (χ3v) is 1.96. The Labute approximate surface area is 89.9 Å². The van der Waals surface area contributed by atoms with Crippen LogP contribution in [0.1, 0.15) is 23.8 Å². The van der Waals surface area contributed by atoms with Crippen LogP contribution in [-0.4, -0.2) is 35.3 Å². The average Bonchev–Trinajstić information content (AvgIpc) is 2.64. The predicted octanol–water partition coefficient (Wildman–Crippen LogP) is 0.149. The molecule has 1 heterocycles. The second-order valence-electron chi connectivity index (χ2n) is 3.38. The van der Waals surface area contributed by atoms with E-state index < -0.39 is 0 Å². The summed E-state index contributed by atoms with van der Waals surface area (Å²) in [4.78, 5) is 11.5. The first kappa shape index (κ1) is 11.7. The van der Waals surface area contributed by atoms with Crippen molar-refractivity contribution in [2.75, 3.05) is 19.6 Å². The molecule has 0 aliphatic carbocycles. The van der Waals surface area contributed by atoms with Crippen LogP contribution < -0.4 is 10.6 Å². The lowest BCUT2D eigenvalue weighted by Crippen LogP contribution is -2.32. The first-order valence-corrected chi connectivity index (χ1v) is 5.22. The zero-order chi connectivity index (χ0) is 11.1. The van der Waals surface area contributed by atoms with E-state index in [0.717, 1.165) is 19.5 Å². The van der Waals surface area contributed by atoms with Crippen LogP contribution in [-0.2, 0) is 7.05 Å². The summed E-state index contributed by atoms with van der Waals surface area (Å²) in [5.41, 5.74) is 0.466. The van der Waals surface area contributed by atoms with Gasteiger partial charge in [-0.3, -0.25) is 9.48 Å². The van der Waals surface area contributed by atoms with Crippen molar-refractivity contribution >= 4 is 5.91 Å². The van der Waals surface area contributed by atoms with Crippen molar-refractivity contribution in [1.82, 2.24) is 20.4 Å². The Morgan fingerprint density at radius 1 is 1.47 bits per heavy atom. The molecule has 0 spiro atoms. The molecule has 1 amide bonds. The third kappa shape index (κ3) is 4.12. The van der Waals surface area contributed by atoms with Gasteiger partial charge in [0.2, 0.25) is 0 Å². The van der Waals surface area contributed by atoms with Crippen LogP contribution in [0.25, 0.3) is 0 Å². The fraction of sp³-hybridized carbons (Fsp3) is 0.600. The maximum Gasteiger partial charge on any atom is 0.271 e. The molecular weight excluding hydrogens is 192 g/mol. The van der Waals surface area contributed by atoms with Gasteiger partial charge in [0.05, 0.1) is 0 Å². The average molecular weight is 210 g/mol. The van der Waals surface area contributed by atoms with Crippen molar-refractivity contribution in [3.8, 4) is 0 Å². The molecule has 0 aromatic carbocycles. The van der Waals surface area contributed by atoms with E-state index in [2.05, 4.69) is 22.7 Å². The minimum Gasteiger partial charge on any atom is -0.349 e. The molecule has 0 aliphatic heterocycles. The Hall–Kier alpha value is -1.36. The van der Waals surface area contributed by atoms with E-state index in [0.29, 0.717) is 12.2 Å². The topological polar surface area (TPSA) is 58.9 Å². The van der Waals surface area contributed by atoms with E-state index >= 15 is 0 Å². The number of nitrogens with zero attached hydrogens (tertiary/aromatic N) is 2. The molecule has 1 aromatic heterocycles. The molecule has 5 nitrogen and oxygen atoms in total. The van der Waals surface area contributed by atoms with Gasteiger partial charge >= 0.3 is 0 Å². The summed E-state index contributed by atoms with van der Waals surface area (Å²) in [6.07, 6.45) is 2.86. The first-order valence-electron chi connectivity index (χ1n) is 5.22. The Kier molecular flexibility index (Phi) is 4.83. The highest BCUT2D eigenvalue weighted by Gasteiger charge is 2.06. The standard InChI is InChI=1S/C10H18N4O/c1-3-5-11-6-7-12-10(15)9-4-8-14(2)13-9/h4,8,11H,3,5-7H2,1-2H3,(H,12,15). The highest BCUT2D eigenvalue weighted by molar-refractivity contribution is 5.92. The molecule has 1 aromatic rings. The van der Waals surface area contributed by atoms with Crippen LogP contribution in [0.4, 0.5) is 0 Å². The Morgan fingerprint density at radius 2 is 2.27 bits per heavy atom. The van der Waals surface area contributed by atoms with Gasteiger partial charge in [-0.2, -0.15) is 5.10 Å². The smallest absolute Gasteiger partial charge is 0.271 e. The summed E-state index contributed by atoms with van der Waals surface area (Å²) >= 11 is 0. The minimum absolute atomic E-state index is 0.117. The number of hydrogen-bond acceptors (Lipinski definition) is 3. The van der Waals surface area contributed by atoms with Gasteiger partial charge < -0.3 is 10.6 Å². The number of carbonyl (C=O) groups excluding carboxylic acids is 1. The Balaban J connectivity index is 2.19. The monoisotopic (exact) mass is 210 g/mol. The van der Waals surface area contributed by atoms with Gasteiger partial charge in [-0.1, -0.05) is 6.92 Å². The van der Waals surface area contributed by atoms with Crippen LogP contribution in [0.3, 0.4) is 0 Å². The molecule has 1 rings (SSSR count). The normalized spacial score (nSPS) is 10.3. The number of carbonyl (C=O) groups is 1. The summed E-state index contributed by atoms with van der Waals surface area (Å²) in [7, 11) is 1.79. The maximum atomic E-state index is 11.5. The number of amides is 1. The van der Waals surface area contributed by atoms with Gasteiger partial charge in [0.15, 0.2) is 0 Å². The molecule has 2 N–H and O–H groups in total. The lowest BCUT2D eigenvalue weighted by Gasteiger charge is -2.03. The fourth-order valence-corrected chi connectivity index (χ4v) is 1.19. The SMILES string of the molecule is CCCNCCNC(=O)c1ccn(C)n1. The quantitative estimate of drug-likeness (QED) is 0.657. The predicted molar refractivity (Wildman–Crippen MR) is 58.7 cm³/mol. The summed E-state index contributed by atoms with van der Waals surface area (Å²) in [6.45, 7) is 4.53. The van der Waals surface area contributed by atoms with Crippen LogP contribution in [0.2, 0.25) is 0 Å². The van der Waals surface area contributed by atoms with E-state index in [1.54, 1.807) is 24.0 Å². The van der Waals surface area contributed by atoms with Gasteiger partial charge in [0.1, 0.15) is 5.69 Å². The molecule has 0 unspecified atom stereocenters. The molecule has 15 heavy (non-hydrogen) atoms. The summed E-state index contributed by atoms with van der Waals surface area (Å²) in [5.74, 6) is -0.117. The number of aryl methyl sites for hydroxylation is 1.